The molecule has 1 aliphatic heterocycles. The summed E-state index contributed by atoms with van der Waals surface area (Å²) >= 11 is 0. The second kappa shape index (κ2) is 8.42. The van der Waals surface area contributed by atoms with Crippen molar-refractivity contribution < 1.29 is 14.3 Å². The standard InChI is InChI=1S/C22H25N3O3/c26-21-14-16(15-25(21)18-6-2-1-3-7-18)22(27)24-17-9-11-19(12-10-17)28-20-8-4-5-13-23-20/h1-8,13,16-17,19H,9-12,14-15H2,(H,24,27). The molecule has 2 amide bonds. The molecular formula is C22H25N3O3. The van der Waals surface area contributed by atoms with Gasteiger partial charge in [0.15, 0.2) is 0 Å². The fraction of sp³-hybridized carbons (Fsp3) is 0.409. The van der Waals surface area contributed by atoms with Crippen molar-refractivity contribution in [3.05, 3.63) is 54.7 Å². The minimum absolute atomic E-state index is 0.0128. The summed E-state index contributed by atoms with van der Waals surface area (Å²) < 4.78 is 5.91. The number of carbonyl (C=O) groups is 2. The molecule has 1 aromatic carbocycles. The van der Waals surface area contributed by atoms with Gasteiger partial charge in [0.25, 0.3) is 0 Å². The average Bonchev–Trinajstić information content (AvgIpc) is 3.13. The van der Waals surface area contributed by atoms with E-state index in [9.17, 15) is 9.59 Å². The van der Waals surface area contributed by atoms with E-state index < -0.39 is 0 Å². The van der Waals surface area contributed by atoms with Gasteiger partial charge in [0.2, 0.25) is 17.7 Å². The van der Waals surface area contributed by atoms with Crippen LogP contribution in [0.25, 0.3) is 0 Å². The molecule has 2 heterocycles. The summed E-state index contributed by atoms with van der Waals surface area (Å²) in [7, 11) is 0. The Hall–Kier alpha value is -2.89. The van der Waals surface area contributed by atoms with Gasteiger partial charge in [-0.25, -0.2) is 4.98 Å². The fourth-order valence-corrected chi connectivity index (χ4v) is 3.97. The number of nitrogens with zero attached hydrogens (tertiary/aromatic N) is 2. The Kier molecular flexibility index (Phi) is 5.55. The zero-order valence-corrected chi connectivity index (χ0v) is 15.8. The van der Waals surface area contributed by atoms with Crippen LogP contribution in [0, 0.1) is 5.92 Å². The van der Waals surface area contributed by atoms with E-state index in [-0.39, 0.29) is 36.3 Å². The van der Waals surface area contributed by atoms with E-state index in [0.717, 1.165) is 31.4 Å². The minimum Gasteiger partial charge on any atom is -0.474 e. The van der Waals surface area contributed by atoms with Crippen LogP contribution in [-0.2, 0) is 9.59 Å². The molecule has 2 fully saturated rings. The van der Waals surface area contributed by atoms with Crippen molar-refractivity contribution in [2.24, 2.45) is 5.92 Å². The molecule has 146 valence electrons. The summed E-state index contributed by atoms with van der Waals surface area (Å²) in [5.74, 6) is 0.371. The Morgan fingerprint density at radius 1 is 1.04 bits per heavy atom. The van der Waals surface area contributed by atoms with Gasteiger partial charge in [-0.3, -0.25) is 9.59 Å². The smallest absolute Gasteiger partial charge is 0.227 e. The molecule has 2 aliphatic rings. The van der Waals surface area contributed by atoms with Gasteiger partial charge in [0.05, 0.1) is 5.92 Å². The molecule has 0 spiro atoms. The SMILES string of the molecule is O=C(NC1CCC(Oc2ccccn2)CC1)C1CC(=O)N(c2ccccc2)C1. The highest BCUT2D eigenvalue weighted by molar-refractivity contribution is 6.00. The van der Waals surface area contributed by atoms with Crippen molar-refractivity contribution in [2.45, 2.75) is 44.2 Å². The summed E-state index contributed by atoms with van der Waals surface area (Å²) in [6, 6.07) is 15.3. The molecule has 28 heavy (non-hydrogen) atoms. The van der Waals surface area contributed by atoms with Crippen molar-refractivity contribution in [3.63, 3.8) is 0 Å². The third kappa shape index (κ3) is 4.32. The van der Waals surface area contributed by atoms with E-state index in [1.807, 2.05) is 48.5 Å². The monoisotopic (exact) mass is 379 g/mol. The third-order valence-electron chi connectivity index (χ3n) is 5.51. The first kappa shape index (κ1) is 18.5. The van der Waals surface area contributed by atoms with Crippen LogP contribution in [0.5, 0.6) is 5.88 Å². The molecule has 1 aromatic heterocycles. The first-order chi connectivity index (χ1) is 13.7. The van der Waals surface area contributed by atoms with Gasteiger partial charge >= 0.3 is 0 Å². The van der Waals surface area contributed by atoms with Crippen LogP contribution in [0.1, 0.15) is 32.1 Å². The molecule has 0 bridgehead atoms. The quantitative estimate of drug-likeness (QED) is 0.867. The predicted octanol–water partition coefficient (Wildman–Crippen LogP) is 2.94. The van der Waals surface area contributed by atoms with E-state index in [0.29, 0.717) is 12.4 Å². The number of ether oxygens (including phenoxy) is 1. The van der Waals surface area contributed by atoms with Crippen molar-refractivity contribution in [1.82, 2.24) is 10.3 Å². The predicted molar refractivity (Wildman–Crippen MR) is 106 cm³/mol. The highest BCUT2D eigenvalue weighted by Crippen LogP contribution is 2.27. The maximum Gasteiger partial charge on any atom is 0.227 e. The van der Waals surface area contributed by atoms with Gasteiger partial charge < -0.3 is 15.0 Å². The summed E-state index contributed by atoms with van der Waals surface area (Å²) in [6.07, 6.45) is 5.69. The summed E-state index contributed by atoms with van der Waals surface area (Å²) in [6.45, 7) is 0.451. The fourth-order valence-electron chi connectivity index (χ4n) is 3.97. The molecule has 0 radical (unpaired) electrons. The number of amides is 2. The lowest BCUT2D eigenvalue weighted by Crippen LogP contribution is -2.43. The van der Waals surface area contributed by atoms with Crippen molar-refractivity contribution in [1.29, 1.82) is 0 Å². The molecule has 1 aliphatic carbocycles. The van der Waals surface area contributed by atoms with Crippen LogP contribution in [-0.4, -0.2) is 35.5 Å². The van der Waals surface area contributed by atoms with E-state index in [1.165, 1.54) is 0 Å². The van der Waals surface area contributed by atoms with Crippen LogP contribution < -0.4 is 15.0 Å². The molecule has 1 atom stereocenters. The molecule has 4 rings (SSSR count). The highest BCUT2D eigenvalue weighted by Gasteiger charge is 2.36. The number of nitrogens with one attached hydrogen (secondary N) is 1. The van der Waals surface area contributed by atoms with Crippen LogP contribution >= 0.6 is 0 Å². The number of carbonyl (C=O) groups excluding carboxylic acids is 2. The molecule has 1 saturated heterocycles. The number of aromatic nitrogens is 1. The van der Waals surface area contributed by atoms with Crippen molar-refractivity contribution >= 4 is 17.5 Å². The van der Waals surface area contributed by atoms with Gasteiger partial charge in [-0.15, -0.1) is 0 Å². The maximum atomic E-state index is 12.7. The number of para-hydroxylation sites is 1. The van der Waals surface area contributed by atoms with E-state index in [2.05, 4.69) is 10.3 Å². The number of rotatable bonds is 5. The number of benzene rings is 1. The number of pyridine rings is 1. The van der Waals surface area contributed by atoms with Crippen LogP contribution in [0.15, 0.2) is 54.7 Å². The van der Waals surface area contributed by atoms with Crippen molar-refractivity contribution in [2.75, 3.05) is 11.4 Å². The van der Waals surface area contributed by atoms with Gasteiger partial charge in [-0.2, -0.15) is 0 Å². The molecule has 6 nitrogen and oxygen atoms in total. The van der Waals surface area contributed by atoms with Gasteiger partial charge in [-0.05, 0) is 43.9 Å². The number of anilines is 1. The zero-order chi connectivity index (χ0) is 19.3. The maximum absolute atomic E-state index is 12.7. The minimum atomic E-state index is -0.282. The third-order valence-corrected chi connectivity index (χ3v) is 5.51. The van der Waals surface area contributed by atoms with Gasteiger partial charge in [0.1, 0.15) is 6.10 Å². The Morgan fingerprint density at radius 3 is 2.50 bits per heavy atom. The first-order valence-electron chi connectivity index (χ1n) is 9.92. The van der Waals surface area contributed by atoms with Crippen LogP contribution in [0.4, 0.5) is 5.69 Å². The molecule has 1 N–H and O–H groups in total. The lowest BCUT2D eigenvalue weighted by molar-refractivity contribution is -0.127. The molecular weight excluding hydrogens is 354 g/mol. The highest BCUT2D eigenvalue weighted by atomic mass is 16.5. The van der Waals surface area contributed by atoms with Crippen LogP contribution in [0.2, 0.25) is 0 Å². The van der Waals surface area contributed by atoms with Crippen LogP contribution in [0.3, 0.4) is 0 Å². The number of hydrogen-bond donors (Lipinski definition) is 1. The first-order valence-corrected chi connectivity index (χ1v) is 9.92. The summed E-state index contributed by atoms with van der Waals surface area (Å²) in [4.78, 5) is 30.9. The Labute approximate surface area is 164 Å². The average molecular weight is 379 g/mol. The summed E-state index contributed by atoms with van der Waals surface area (Å²) in [5, 5.41) is 3.15. The topological polar surface area (TPSA) is 71.5 Å². The lowest BCUT2D eigenvalue weighted by Gasteiger charge is -2.29. The second-order valence-corrected chi connectivity index (χ2v) is 7.51. The van der Waals surface area contributed by atoms with Gasteiger partial charge in [0, 0.05) is 37.0 Å². The van der Waals surface area contributed by atoms with E-state index >= 15 is 0 Å². The Morgan fingerprint density at radius 2 is 1.79 bits per heavy atom. The van der Waals surface area contributed by atoms with Crippen molar-refractivity contribution in [3.8, 4) is 5.88 Å². The Balaban J connectivity index is 1.25. The Bertz CT molecular complexity index is 804. The zero-order valence-electron chi connectivity index (χ0n) is 15.8. The normalized spacial score (nSPS) is 24.8. The second-order valence-electron chi connectivity index (χ2n) is 7.51. The molecule has 1 saturated carbocycles. The lowest BCUT2D eigenvalue weighted by atomic mass is 9.92. The van der Waals surface area contributed by atoms with E-state index in [1.54, 1.807) is 11.1 Å². The largest absolute Gasteiger partial charge is 0.474 e. The molecule has 2 aromatic rings. The molecule has 1 unspecified atom stereocenters. The summed E-state index contributed by atoms with van der Waals surface area (Å²) in [5.41, 5.74) is 0.856. The van der Waals surface area contributed by atoms with E-state index in [4.69, 9.17) is 4.74 Å². The molecule has 6 heteroatoms. The van der Waals surface area contributed by atoms with Gasteiger partial charge in [-0.1, -0.05) is 24.3 Å². The number of hydrogen-bond acceptors (Lipinski definition) is 4.